The van der Waals surface area contributed by atoms with Crippen LogP contribution in [-0.4, -0.2) is 21.1 Å². The molecule has 3 aromatic rings. The summed E-state index contributed by atoms with van der Waals surface area (Å²) in [4.78, 5) is 16.2. The largest absolute Gasteiger partial charge is 0.295 e. The SMILES string of the molecule is O=C(Nc1nnc(SCc2ccccc2)s1)c1nc(Cl)c(Cl)c(Cl)c1Cl. The average molecular weight is 466 g/mol. The van der Waals surface area contributed by atoms with E-state index in [9.17, 15) is 4.79 Å². The molecule has 3 rings (SSSR count). The highest BCUT2D eigenvalue weighted by atomic mass is 35.5. The number of benzene rings is 1. The number of aromatic nitrogens is 3. The van der Waals surface area contributed by atoms with Crippen molar-refractivity contribution in [3.8, 4) is 0 Å². The molecule has 2 aromatic heterocycles. The zero-order chi connectivity index (χ0) is 18.7. The topological polar surface area (TPSA) is 67.8 Å². The Balaban J connectivity index is 1.68. The molecule has 0 aliphatic carbocycles. The van der Waals surface area contributed by atoms with Gasteiger partial charge in [0.25, 0.3) is 5.91 Å². The van der Waals surface area contributed by atoms with E-state index < -0.39 is 5.91 Å². The van der Waals surface area contributed by atoms with Crippen molar-refractivity contribution in [1.29, 1.82) is 0 Å². The van der Waals surface area contributed by atoms with Crippen LogP contribution in [0.25, 0.3) is 0 Å². The number of halogens is 4. The maximum absolute atomic E-state index is 12.4. The zero-order valence-corrected chi connectivity index (χ0v) is 17.3. The smallest absolute Gasteiger partial charge is 0.277 e. The van der Waals surface area contributed by atoms with Crippen molar-refractivity contribution in [2.45, 2.75) is 10.1 Å². The average Bonchev–Trinajstić information content (AvgIpc) is 3.09. The van der Waals surface area contributed by atoms with E-state index in [1.807, 2.05) is 30.3 Å². The molecule has 11 heteroatoms. The number of thioether (sulfide) groups is 1. The fraction of sp³-hybridized carbons (Fsp3) is 0.0667. The summed E-state index contributed by atoms with van der Waals surface area (Å²) in [6, 6.07) is 9.96. The van der Waals surface area contributed by atoms with Gasteiger partial charge in [-0.15, -0.1) is 10.2 Å². The second-order valence-corrected chi connectivity index (χ2v) is 8.49. The molecule has 0 atom stereocenters. The molecule has 0 fully saturated rings. The number of nitrogens with zero attached hydrogens (tertiary/aromatic N) is 3. The van der Waals surface area contributed by atoms with E-state index in [-0.39, 0.29) is 25.9 Å². The lowest BCUT2D eigenvalue weighted by atomic mass is 10.2. The molecule has 1 aromatic carbocycles. The Labute approximate surface area is 177 Å². The summed E-state index contributed by atoms with van der Waals surface area (Å²) in [5, 5.41) is 10.6. The Kier molecular flexibility index (Phi) is 6.60. The van der Waals surface area contributed by atoms with Crippen LogP contribution in [0.15, 0.2) is 34.7 Å². The number of amides is 1. The number of hydrogen-bond donors (Lipinski definition) is 1. The predicted molar refractivity (Wildman–Crippen MR) is 108 cm³/mol. The van der Waals surface area contributed by atoms with Crippen LogP contribution in [0.5, 0.6) is 0 Å². The third kappa shape index (κ3) is 4.60. The highest BCUT2D eigenvalue weighted by Crippen LogP contribution is 2.36. The lowest BCUT2D eigenvalue weighted by Gasteiger charge is -2.07. The molecule has 1 amide bonds. The first-order valence-corrected chi connectivity index (χ1v) is 10.3. The lowest BCUT2D eigenvalue weighted by Crippen LogP contribution is -2.14. The number of carbonyl (C=O) groups excluding carboxylic acids is 1. The summed E-state index contributed by atoms with van der Waals surface area (Å²) in [6.45, 7) is 0. The van der Waals surface area contributed by atoms with Crippen molar-refractivity contribution in [1.82, 2.24) is 15.2 Å². The summed E-state index contributed by atoms with van der Waals surface area (Å²) >= 11 is 26.4. The molecule has 1 N–H and O–H groups in total. The van der Waals surface area contributed by atoms with Crippen molar-refractivity contribution >= 4 is 80.5 Å². The van der Waals surface area contributed by atoms with Crippen LogP contribution in [0.3, 0.4) is 0 Å². The predicted octanol–water partition coefficient (Wildman–Crippen LogP) is 6.09. The van der Waals surface area contributed by atoms with Crippen LogP contribution in [0.2, 0.25) is 20.2 Å². The zero-order valence-electron chi connectivity index (χ0n) is 12.7. The molecule has 0 bridgehead atoms. The lowest BCUT2D eigenvalue weighted by molar-refractivity contribution is 0.102. The highest BCUT2D eigenvalue weighted by Gasteiger charge is 2.21. The van der Waals surface area contributed by atoms with E-state index in [2.05, 4.69) is 20.5 Å². The standard InChI is InChI=1S/C15H8Cl4N4OS2/c16-8-9(17)11(20-12(19)10(8)18)13(24)21-14-22-23-15(26-14)25-6-7-4-2-1-3-5-7/h1-5H,6H2,(H,21,22,24). The molecular formula is C15H8Cl4N4OS2. The minimum atomic E-state index is -0.605. The Morgan fingerprint density at radius 2 is 1.77 bits per heavy atom. The van der Waals surface area contributed by atoms with E-state index in [4.69, 9.17) is 46.4 Å². The van der Waals surface area contributed by atoms with Crippen molar-refractivity contribution in [3.05, 3.63) is 61.8 Å². The van der Waals surface area contributed by atoms with Crippen LogP contribution in [0.1, 0.15) is 16.1 Å². The normalized spacial score (nSPS) is 10.8. The van der Waals surface area contributed by atoms with Crippen LogP contribution < -0.4 is 5.32 Å². The van der Waals surface area contributed by atoms with Gasteiger partial charge < -0.3 is 0 Å². The van der Waals surface area contributed by atoms with Crippen LogP contribution in [-0.2, 0) is 5.75 Å². The maximum atomic E-state index is 12.4. The number of anilines is 1. The van der Waals surface area contributed by atoms with Gasteiger partial charge in [-0.25, -0.2) is 4.98 Å². The van der Waals surface area contributed by atoms with Gasteiger partial charge in [0.2, 0.25) is 5.13 Å². The number of rotatable bonds is 5. The van der Waals surface area contributed by atoms with E-state index in [1.54, 1.807) is 0 Å². The molecule has 0 saturated heterocycles. The number of carbonyl (C=O) groups is 1. The molecule has 0 aliphatic rings. The molecule has 0 spiro atoms. The summed E-state index contributed by atoms with van der Waals surface area (Å²) < 4.78 is 0.718. The van der Waals surface area contributed by atoms with E-state index >= 15 is 0 Å². The first-order chi connectivity index (χ1) is 12.5. The molecule has 2 heterocycles. The molecule has 0 unspecified atom stereocenters. The highest BCUT2D eigenvalue weighted by molar-refractivity contribution is 8.00. The van der Waals surface area contributed by atoms with E-state index in [0.29, 0.717) is 5.13 Å². The Bertz CT molecular complexity index is 952. The first kappa shape index (κ1) is 19.7. The minimum Gasteiger partial charge on any atom is -0.295 e. The molecule has 0 saturated carbocycles. The van der Waals surface area contributed by atoms with Gasteiger partial charge in [0.1, 0.15) is 5.15 Å². The second kappa shape index (κ2) is 8.73. The van der Waals surface area contributed by atoms with Gasteiger partial charge in [-0.05, 0) is 5.56 Å². The van der Waals surface area contributed by atoms with Crippen molar-refractivity contribution in [2.24, 2.45) is 0 Å². The fourth-order valence-corrected chi connectivity index (χ4v) is 4.35. The van der Waals surface area contributed by atoms with Crippen LogP contribution >= 0.6 is 69.5 Å². The molecule has 26 heavy (non-hydrogen) atoms. The molecular weight excluding hydrogens is 458 g/mol. The van der Waals surface area contributed by atoms with Crippen molar-refractivity contribution in [2.75, 3.05) is 5.32 Å². The number of hydrogen-bond acceptors (Lipinski definition) is 6. The fourth-order valence-electron chi connectivity index (χ4n) is 1.83. The quantitative estimate of drug-likeness (QED) is 0.280. The van der Waals surface area contributed by atoms with Crippen LogP contribution in [0.4, 0.5) is 5.13 Å². The third-order valence-electron chi connectivity index (χ3n) is 3.03. The van der Waals surface area contributed by atoms with Crippen molar-refractivity contribution in [3.63, 3.8) is 0 Å². The third-order valence-corrected chi connectivity index (χ3v) is 6.75. The van der Waals surface area contributed by atoms with Gasteiger partial charge >= 0.3 is 0 Å². The Morgan fingerprint density at radius 1 is 1.04 bits per heavy atom. The van der Waals surface area contributed by atoms with Gasteiger partial charge in [0.05, 0.1) is 15.1 Å². The van der Waals surface area contributed by atoms with Gasteiger partial charge in [-0.2, -0.15) is 0 Å². The van der Waals surface area contributed by atoms with Crippen LogP contribution in [0, 0.1) is 0 Å². The second-order valence-electron chi connectivity index (χ2n) is 4.79. The Morgan fingerprint density at radius 3 is 2.50 bits per heavy atom. The minimum absolute atomic E-state index is 0.00889. The number of pyridine rings is 1. The molecule has 5 nitrogen and oxygen atoms in total. The van der Waals surface area contributed by atoms with E-state index in [1.165, 1.54) is 28.7 Å². The monoisotopic (exact) mass is 464 g/mol. The number of nitrogens with one attached hydrogen (secondary N) is 1. The first-order valence-electron chi connectivity index (χ1n) is 6.97. The van der Waals surface area contributed by atoms with E-state index in [0.717, 1.165) is 10.1 Å². The van der Waals surface area contributed by atoms with Gasteiger partial charge in [-0.1, -0.05) is 99.8 Å². The molecule has 0 aliphatic heterocycles. The molecule has 0 radical (unpaired) electrons. The van der Waals surface area contributed by atoms with Crippen molar-refractivity contribution < 1.29 is 4.79 Å². The Hall–Kier alpha value is -1.09. The summed E-state index contributed by atoms with van der Waals surface area (Å²) in [7, 11) is 0. The summed E-state index contributed by atoms with van der Waals surface area (Å²) in [5.41, 5.74) is 1.03. The molecule has 134 valence electrons. The summed E-state index contributed by atoms with van der Waals surface area (Å²) in [6.07, 6.45) is 0. The van der Waals surface area contributed by atoms with Gasteiger partial charge in [0.15, 0.2) is 10.0 Å². The van der Waals surface area contributed by atoms with Gasteiger partial charge in [0, 0.05) is 5.75 Å². The van der Waals surface area contributed by atoms with Gasteiger partial charge in [-0.3, -0.25) is 10.1 Å². The summed E-state index contributed by atoms with van der Waals surface area (Å²) in [5.74, 6) is 0.144. The maximum Gasteiger partial charge on any atom is 0.277 e.